The molecule has 60 heavy (non-hydrogen) atoms. The number of fused-ring (bicyclic) bond motifs is 2. The number of rotatable bonds is 19. The Morgan fingerprint density at radius 1 is 0.800 bits per heavy atom. The average molecular weight is 835 g/mol. The molecule has 0 spiro atoms. The summed E-state index contributed by atoms with van der Waals surface area (Å²) in [4.78, 5) is 16.9. The first-order valence-corrected chi connectivity index (χ1v) is 22.5. The predicted octanol–water partition coefficient (Wildman–Crippen LogP) is 9.56. The van der Waals surface area contributed by atoms with E-state index in [0.717, 1.165) is 102 Å². The van der Waals surface area contributed by atoms with Gasteiger partial charge in [0.25, 0.3) is 0 Å². The van der Waals surface area contributed by atoms with Gasteiger partial charge in [-0.15, -0.1) is 0 Å². The molecular weight excluding hydrogens is 769 g/mol. The van der Waals surface area contributed by atoms with E-state index in [0.29, 0.717) is 36.7 Å². The molecule has 1 amide bonds. The van der Waals surface area contributed by atoms with Gasteiger partial charge < -0.3 is 20.1 Å². The van der Waals surface area contributed by atoms with E-state index in [4.69, 9.17) is 9.47 Å². The number of hydrogen-bond donors (Lipinski definition) is 2. The van der Waals surface area contributed by atoms with E-state index < -0.39 is 18.3 Å². The third-order valence-electron chi connectivity index (χ3n) is 12.7. The second-order valence-corrected chi connectivity index (χ2v) is 19.0. The van der Waals surface area contributed by atoms with Gasteiger partial charge in [-0.2, -0.15) is 13.2 Å². The number of carbonyl (C=O) groups excluding carboxylic acids is 1. The molecule has 6 aliphatic rings. The van der Waals surface area contributed by atoms with Crippen LogP contribution in [0.15, 0.2) is 59.8 Å². The molecule has 4 aliphatic carbocycles. The first-order valence-electron chi connectivity index (χ1n) is 22.5. The van der Waals surface area contributed by atoms with Gasteiger partial charge >= 0.3 is 6.18 Å². The topological polar surface area (TPSA) is 66.1 Å². The van der Waals surface area contributed by atoms with Crippen molar-refractivity contribution in [3.63, 3.8) is 0 Å². The van der Waals surface area contributed by atoms with Crippen LogP contribution in [0, 0.1) is 23.7 Å². The minimum atomic E-state index is -4.13. The Kier molecular flexibility index (Phi) is 14.4. The fraction of sp³-hybridized carbons (Fsp3) is 0.612. The van der Waals surface area contributed by atoms with Crippen LogP contribution in [-0.2, 0) is 17.6 Å². The summed E-state index contributed by atoms with van der Waals surface area (Å²) in [5.74, 6) is 3.92. The second kappa shape index (κ2) is 19.5. The van der Waals surface area contributed by atoms with Gasteiger partial charge in [0.1, 0.15) is 17.2 Å². The van der Waals surface area contributed by atoms with Gasteiger partial charge in [0.2, 0.25) is 5.91 Å². The highest BCUT2D eigenvalue weighted by Gasteiger charge is 2.36. The first-order chi connectivity index (χ1) is 28.6. The third-order valence-corrected chi connectivity index (χ3v) is 12.7. The lowest BCUT2D eigenvalue weighted by molar-refractivity contribution is -0.136. The highest BCUT2D eigenvalue weighted by atomic mass is 19.4. The molecule has 2 aromatic carbocycles. The number of hydrogen-bond acceptors (Lipinski definition) is 6. The van der Waals surface area contributed by atoms with Crippen molar-refractivity contribution in [3.8, 4) is 11.5 Å². The normalized spacial score (nSPS) is 20.9. The number of amides is 1. The number of nitrogens with zero attached hydrogens (tertiary/aromatic N) is 2. The summed E-state index contributed by atoms with van der Waals surface area (Å²) in [6.45, 7) is 17.5. The molecule has 11 heteroatoms. The van der Waals surface area contributed by atoms with Gasteiger partial charge in [-0.05, 0) is 136 Å². The molecule has 2 N–H and O–H groups in total. The molecule has 328 valence electrons. The van der Waals surface area contributed by atoms with E-state index in [1.807, 2.05) is 18.2 Å². The summed E-state index contributed by atoms with van der Waals surface area (Å²) in [7, 11) is 0. The Morgan fingerprint density at radius 3 is 2.05 bits per heavy atom. The highest BCUT2D eigenvalue weighted by Crippen LogP contribution is 2.35. The number of carbonyl (C=O) groups is 1. The monoisotopic (exact) mass is 835 g/mol. The maximum atomic E-state index is 13.6. The molecule has 0 bridgehead atoms. The molecule has 8 rings (SSSR count). The van der Waals surface area contributed by atoms with Crippen LogP contribution in [0.5, 0.6) is 11.5 Å². The van der Waals surface area contributed by atoms with Gasteiger partial charge in [0, 0.05) is 69.9 Å². The fourth-order valence-electron chi connectivity index (χ4n) is 8.50. The molecule has 1 atom stereocenters. The number of ether oxygens (including phenoxy) is 2. The van der Waals surface area contributed by atoms with Crippen LogP contribution in [-0.4, -0.2) is 92.6 Å². The summed E-state index contributed by atoms with van der Waals surface area (Å²) in [5, 5.41) is 6.63. The Balaban J connectivity index is 0.000000182. The quantitative estimate of drug-likeness (QED) is 0.109. The van der Waals surface area contributed by atoms with Gasteiger partial charge in [0.05, 0.1) is 19.1 Å². The zero-order chi connectivity index (χ0) is 42.4. The summed E-state index contributed by atoms with van der Waals surface area (Å²) >= 11 is 0. The van der Waals surface area contributed by atoms with Crippen LogP contribution in [0.25, 0.3) is 12.2 Å². The standard InChI is InChI=1S/C27H39FN2O.C22H27F3N2O2/c1-19-12-23-14-26(31-11-5-10-27(3,4)28)9-8-22(23)13-24(19)16-30-17-25(18-30)20(2)29-15-21-6-7-21;23-22(24,25)8-1-9-29-20-7-4-16-10-15(2-3-17(16)11-20)12-27-13-18(14-27)21(28)26-19-5-6-19/h8-9,13-14,19,21,25,29H,2,5-7,10-12,15-18H2,1,3-4H3;4,7,10-11,18-19H,1-3,5-6,8-9,12-14H2,(H,26,28)/t19-;/m0./s1. The number of halogens is 4. The van der Waals surface area contributed by atoms with Crippen molar-refractivity contribution in [3.05, 3.63) is 82.1 Å². The summed E-state index contributed by atoms with van der Waals surface area (Å²) in [5.41, 5.74) is 8.01. The second-order valence-electron chi connectivity index (χ2n) is 19.0. The van der Waals surface area contributed by atoms with Gasteiger partial charge in [0.15, 0.2) is 0 Å². The number of likely N-dealkylation sites (tertiary alicyclic amines) is 2. The van der Waals surface area contributed by atoms with Crippen molar-refractivity contribution in [2.24, 2.45) is 23.7 Å². The lowest BCUT2D eigenvalue weighted by Gasteiger charge is -2.42. The van der Waals surface area contributed by atoms with Crippen molar-refractivity contribution < 1.29 is 31.8 Å². The van der Waals surface area contributed by atoms with Crippen LogP contribution >= 0.6 is 0 Å². The average Bonchev–Trinajstić information content (AvgIpc) is 4.10. The number of nitrogens with one attached hydrogen (secondary N) is 2. The number of benzene rings is 2. The summed E-state index contributed by atoms with van der Waals surface area (Å²) in [6.07, 6.45) is 8.80. The molecule has 2 heterocycles. The Hall–Kier alpha value is -3.83. The Morgan fingerprint density at radius 2 is 1.42 bits per heavy atom. The molecule has 2 saturated heterocycles. The van der Waals surface area contributed by atoms with Crippen LogP contribution in [0.3, 0.4) is 0 Å². The van der Waals surface area contributed by atoms with E-state index in [9.17, 15) is 22.4 Å². The molecule has 2 saturated carbocycles. The Labute approximate surface area is 355 Å². The molecule has 2 aromatic rings. The Bertz CT molecular complexity index is 1870. The van der Waals surface area contributed by atoms with E-state index in [2.05, 4.69) is 64.3 Å². The minimum absolute atomic E-state index is 0.0276. The maximum absolute atomic E-state index is 13.6. The number of aryl methyl sites for hydroxylation is 1. The smallest absolute Gasteiger partial charge is 0.389 e. The predicted molar refractivity (Wildman–Crippen MR) is 232 cm³/mol. The van der Waals surface area contributed by atoms with Gasteiger partial charge in [-0.1, -0.05) is 48.9 Å². The molecule has 7 nitrogen and oxygen atoms in total. The van der Waals surface area contributed by atoms with Gasteiger partial charge in [-0.25, -0.2) is 4.39 Å². The van der Waals surface area contributed by atoms with E-state index in [-0.39, 0.29) is 24.9 Å². The molecule has 0 unspecified atom stereocenters. The zero-order valence-corrected chi connectivity index (χ0v) is 36.0. The van der Waals surface area contributed by atoms with E-state index >= 15 is 0 Å². The number of alkyl halides is 4. The van der Waals surface area contributed by atoms with Crippen LogP contribution < -0.4 is 20.1 Å². The molecule has 0 aromatic heterocycles. The lowest BCUT2D eigenvalue weighted by atomic mass is 9.83. The first kappa shape index (κ1) is 44.2. The van der Waals surface area contributed by atoms with Crippen molar-refractivity contribution in [1.82, 2.24) is 20.4 Å². The van der Waals surface area contributed by atoms with Gasteiger partial charge in [-0.3, -0.25) is 14.6 Å². The lowest BCUT2D eigenvalue weighted by Crippen LogP contribution is -2.54. The molecule has 2 aliphatic heterocycles. The van der Waals surface area contributed by atoms with Crippen molar-refractivity contribution >= 4 is 18.1 Å². The van der Waals surface area contributed by atoms with Crippen LogP contribution in [0.1, 0.15) is 101 Å². The minimum Gasteiger partial charge on any atom is -0.494 e. The zero-order valence-electron chi connectivity index (χ0n) is 36.0. The maximum Gasteiger partial charge on any atom is 0.389 e. The SMILES string of the molecule is C=C(NCC1CC1)C1CN(CC2=Cc3ccc(OCCCC(C)(C)F)cc3C[C@@H]2C)C1.O=C(NC1CC1)C1CN(CC2=Cc3ccc(OCCCC(F)(F)F)cc3CC2)C1. The van der Waals surface area contributed by atoms with E-state index in [1.165, 1.54) is 46.4 Å². The highest BCUT2D eigenvalue weighted by molar-refractivity contribution is 5.80. The van der Waals surface area contributed by atoms with Crippen molar-refractivity contribution in [2.45, 2.75) is 109 Å². The van der Waals surface area contributed by atoms with Crippen LogP contribution in [0.2, 0.25) is 0 Å². The van der Waals surface area contributed by atoms with E-state index in [1.54, 1.807) is 13.8 Å². The molecule has 0 radical (unpaired) electrons. The molecular formula is C49H66F4N4O3. The van der Waals surface area contributed by atoms with Crippen molar-refractivity contribution in [1.29, 1.82) is 0 Å². The largest absolute Gasteiger partial charge is 0.494 e. The van der Waals surface area contributed by atoms with Crippen molar-refractivity contribution in [2.75, 3.05) is 59.0 Å². The third kappa shape index (κ3) is 13.6. The summed E-state index contributed by atoms with van der Waals surface area (Å²) in [6, 6.07) is 12.6. The van der Waals surface area contributed by atoms with Crippen LogP contribution in [0.4, 0.5) is 17.6 Å². The fourth-order valence-corrected chi connectivity index (χ4v) is 8.50. The molecule has 4 fully saturated rings. The summed E-state index contributed by atoms with van der Waals surface area (Å²) < 4.78 is 61.5.